The third-order valence-electron chi connectivity index (χ3n) is 4.99. The summed E-state index contributed by atoms with van der Waals surface area (Å²) in [6.45, 7) is 2.13. The molecule has 122 valence electrons. The van der Waals surface area contributed by atoms with Crippen molar-refractivity contribution in [1.82, 2.24) is 9.97 Å². The highest BCUT2D eigenvalue weighted by molar-refractivity contribution is 5.91. The van der Waals surface area contributed by atoms with E-state index in [1.54, 1.807) is 0 Å². The highest BCUT2D eigenvalue weighted by atomic mass is 15.2. The van der Waals surface area contributed by atoms with Crippen LogP contribution < -0.4 is 9.80 Å². The van der Waals surface area contributed by atoms with Crippen LogP contribution in [0.15, 0.2) is 60.9 Å². The molecule has 1 aliphatic rings. The molecule has 0 N–H and O–H groups in total. The van der Waals surface area contributed by atoms with E-state index < -0.39 is 0 Å². The van der Waals surface area contributed by atoms with Crippen molar-refractivity contribution in [3.05, 3.63) is 60.9 Å². The minimum atomic E-state index is 0.546. The number of nitrogens with zero attached hydrogens (tertiary/aromatic N) is 4. The van der Waals surface area contributed by atoms with Crippen molar-refractivity contribution < 1.29 is 0 Å². The van der Waals surface area contributed by atoms with Gasteiger partial charge in [0.15, 0.2) is 0 Å². The van der Waals surface area contributed by atoms with Gasteiger partial charge < -0.3 is 9.80 Å². The maximum atomic E-state index is 4.48. The van der Waals surface area contributed by atoms with Crippen molar-refractivity contribution in [3.63, 3.8) is 0 Å². The molecule has 2 aromatic heterocycles. The minimum absolute atomic E-state index is 0.546. The molecule has 0 radical (unpaired) electrons. The number of piperidine rings is 1. The molecule has 0 unspecified atom stereocenters. The quantitative estimate of drug-likeness (QED) is 0.736. The fourth-order valence-corrected chi connectivity index (χ4v) is 3.60. The number of hydrogen-bond acceptors (Lipinski definition) is 4. The summed E-state index contributed by atoms with van der Waals surface area (Å²) in [5, 5.41) is 1.25. The number of benzene rings is 1. The number of fused-ring (bicyclic) bond motifs is 1. The van der Waals surface area contributed by atoms with E-state index in [4.69, 9.17) is 0 Å². The fourth-order valence-electron chi connectivity index (χ4n) is 3.60. The molecule has 0 bridgehead atoms. The van der Waals surface area contributed by atoms with Crippen molar-refractivity contribution in [3.8, 4) is 0 Å². The molecule has 0 aliphatic carbocycles. The van der Waals surface area contributed by atoms with Crippen LogP contribution in [0, 0.1) is 0 Å². The summed E-state index contributed by atoms with van der Waals surface area (Å²) < 4.78 is 0. The SMILES string of the molecule is CN(c1ccccn1)C1CCN(c2ccnc3ccccc23)CC1. The lowest BCUT2D eigenvalue weighted by atomic mass is 10.0. The average Bonchev–Trinajstić information content (AvgIpc) is 2.68. The topological polar surface area (TPSA) is 32.3 Å². The Labute approximate surface area is 142 Å². The zero-order valence-electron chi connectivity index (χ0n) is 14.0. The lowest BCUT2D eigenvalue weighted by molar-refractivity contribution is 0.481. The maximum Gasteiger partial charge on any atom is 0.128 e. The lowest BCUT2D eigenvalue weighted by Crippen LogP contribution is -2.43. The number of rotatable bonds is 3. The van der Waals surface area contributed by atoms with Gasteiger partial charge >= 0.3 is 0 Å². The van der Waals surface area contributed by atoms with Gasteiger partial charge in [0.2, 0.25) is 0 Å². The third kappa shape index (κ3) is 2.80. The predicted molar refractivity (Wildman–Crippen MR) is 99.6 cm³/mol. The van der Waals surface area contributed by atoms with Gasteiger partial charge in [-0.2, -0.15) is 0 Å². The van der Waals surface area contributed by atoms with Gasteiger partial charge in [0.05, 0.1) is 5.52 Å². The summed E-state index contributed by atoms with van der Waals surface area (Å²) in [6.07, 6.45) is 6.07. The van der Waals surface area contributed by atoms with Crippen molar-refractivity contribution in [2.24, 2.45) is 0 Å². The second-order valence-corrected chi connectivity index (χ2v) is 6.36. The van der Waals surface area contributed by atoms with Gasteiger partial charge in [-0.15, -0.1) is 0 Å². The molecule has 1 aromatic carbocycles. The molecule has 3 aromatic rings. The Morgan fingerprint density at radius 2 is 1.71 bits per heavy atom. The van der Waals surface area contributed by atoms with Crippen LogP contribution in [0.25, 0.3) is 10.9 Å². The Bertz CT molecular complexity index is 805. The van der Waals surface area contributed by atoms with E-state index in [1.165, 1.54) is 11.1 Å². The van der Waals surface area contributed by atoms with E-state index >= 15 is 0 Å². The minimum Gasteiger partial charge on any atom is -0.371 e. The largest absolute Gasteiger partial charge is 0.371 e. The van der Waals surface area contributed by atoms with E-state index in [2.05, 4.69) is 63.2 Å². The smallest absolute Gasteiger partial charge is 0.128 e. The summed E-state index contributed by atoms with van der Waals surface area (Å²) >= 11 is 0. The molecule has 0 saturated carbocycles. The van der Waals surface area contributed by atoms with Crippen LogP contribution in [-0.2, 0) is 0 Å². The Balaban J connectivity index is 1.50. The van der Waals surface area contributed by atoms with E-state index in [9.17, 15) is 0 Å². The van der Waals surface area contributed by atoms with Crippen LogP contribution in [0.2, 0.25) is 0 Å². The monoisotopic (exact) mass is 318 g/mol. The van der Waals surface area contributed by atoms with Crippen LogP contribution >= 0.6 is 0 Å². The maximum absolute atomic E-state index is 4.48. The summed E-state index contributed by atoms with van der Waals surface area (Å²) in [6, 6.07) is 17.2. The van der Waals surface area contributed by atoms with Gasteiger partial charge in [-0.1, -0.05) is 24.3 Å². The molecule has 1 fully saturated rings. The molecule has 0 atom stereocenters. The summed E-state index contributed by atoms with van der Waals surface area (Å²) in [7, 11) is 2.16. The average molecular weight is 318 g/mol. The van der Waals surface area contributed by atoms with Gasteiger partial charge in [0.1, 0.15) is 5.82 Å². The van der Waals surface area contributed by atoms with Crippen LogP contribution in [0.3, 0.4) is 0 Å². The van der Waals surface area contributed by atoms with Crippen LogP contribution in [0.4, 0.5) is 11.5 Å². The van der Waals surface area contributed by atoms with Crippen molar-refractivity contribution in [2.75, 3.05) is 29.9 Å². The van der Waals surface area contributed by atoms with E-state index in [0.717, 1.165) is 37.3 Å². The molecule has 1 saturated heterocycles. The second kappa shape index (κ2) is 6.48. The first kappa shape index (κ1) is 14.9. The second-order valence-electron chi connectivity index (χ2n) is 6.36. The zero-order chi connectivity index (χ0) is 16.4. The number of para-hydroxylation sites is 1. The van der Waals surface area contributed by atoms with Gasteiger partial charge in [-0.25, -0.2) is 4.98 Å². The van der Waals surface area contributed by atoms with Crippen LogP contribution in [0.1, 0.15) is 12.8 Å². The highest BCUT2D eigenvalue weighted by Gasteiger charge is 2.24. The normalized spacial score (nSPS) is 15.6. The standard InChI is InChI=1S/C20H22N4/c1-23(20-8-4-5-12-22-20)16-10-14-24(15-11-16)19-9-13-21-18-7-3-2-6-17(18)19/h2-9,12-13,16H,10-11,14-15H2,1H3. The van der Waals surface area contributed by atoms with Gasteiger partial charge in [0.25, 0.3) is 0 Å². The first-order chi connectivity index (χ1) is 11.8. The first-order valence-electron chi connectivity index (χ1n) is 8.55. The van der Waals surface area contributed by atoms with Crippen molar-refractivity contribution in [1.29, 1.82) is 0 Å². The van der Waals surface area contributed by atoms with Gasteiger partial charge in [-0.05, 0) is 37.1 Å². The first-order valence-corrected chi connectivity index (χ1v) is 8.55. The molecule has 3 heterocycles. The molecular formula is C20H22N4. The van der Waals surface area contributed by atoms with Crippen molar-refractivity contribution >= 4 is 22.4 Å². The van der Waals surface area contributed by atoms with Crippen molar-refractivity contribution in [2.45, 2.75) is 18.9 Å². The predicted octanol–water partition coefficient (Wildman–Crippen LogP) is 3.74. The third-order valence-corrected chi connectivity index (χ3v) is 4.99. The summed E-state index contributed by atoms with van der Waals surface area (Å²) in [5.74, 6) is 1.06. The molecule has 4 heteroatoms. The van der Waals surface area contributed by atoms with E-state index in [-0.39, 0.29) is 0 Å². The highest BCUT2D eigenvalue weighted by Crippen LogP contribution is 2.29. The van der Waals surface area contributed by atoms with Gasteiger partial charge in [-0.3, -0.25) is 4.98 Å². The lowest BCUT2D eigenvalue weighted by Gasteiger charge is -2.38. The molecule has 4 rings (SSSR count). The Morgan fingerprint density at radius 3 is 2.50 bits per heavy atom. The number of anilines is 2. The summed E-state index contributed by atoms with van der Waals surface area (Å²) in [5.41, 5.74) is 2.38. The zero-order valence-corrected chi connectivity index (χ0v) is 14.0. The van der Waals surface area contributed by atoms with E-state index in [1.807, 2.05) is 24.5 Å². The van der Waals surface area contributed by atoms with Crippen LogP contribution in [-0.4, -0.2) is 36.1 Å². The Hall–Kier alpha value is -2.62. The Kier molecular flexibility index (Phi) is 4.03. The molecule has 24 heavy (non-hydrogen) atoms. The number of aromatic nitrogens is 2. The number of hydrogen-bond donors (Lipinski definition) is 0. The molecule has 0 amide bonds. The Morgan fingerprint density at radius 1 is 0.917 bits per heavy atom. The molecule has 1 aliphatic heterocycles. The fraction of sp³-hybridized carbons (Fsp3) is 0.300. The number of pyridine rings is 2. The van der Waals surface area contributed by atoms with Gasteiger partial charge in [0, 0.05) is 49.6 Å². The molecular weight excluding hydrogens is 296 g/mol. The van der Waals surface area contributed by atoms with E-state index in [0.29, 0.717) is 6.04 Å². The molecule has 0 spiro atoms. The molecule has 4 nitrogen and oxygen atoms in total. The van der Waals surface area contributed by atoms with Crippen LogP contribution in [0.5, 0.6) is 0 Å². The summed E-state index contributed by atoms with van der Waals surface area (Å²) in [4.78, 5) is 13.8.